The molecule has 44 valence electrons. The molecule has 1 atom stereocenters. The number of nitrogens with two attached hydrogens (primary N) is 1. The highest BCUT2D eigenvalue weighted by atomic mass is 32.2. The SMILES string of the molecule is CCCC[S@@+](N)[O-]. The molecule has 0 saturated carbocycles. The molecule has 0 aromatic heterocycles. The van der Waals surface area contributed by atoms with Gasteiger partial charge in [0.25, 0.3) is 0 Å². The van der Waals surface area contributed by atoms with Crippen LogP contribution in [-0.2, 0) is 11.4 Å². The summed E-state index contributed by atoms with van der Waals surface area (Å²) in [5, 5.41) is 4.95. The number of rotatable bonds is 3. The van der Waals surface area contributed by atoms with Gasteiger partial charge in [-0.25, -0.2) is 0 Å². The van der Waals surface area contributed by atoms with Gasteiger partial charge in [-0.15, -0.1) is 0 Å². The maximum Gasteiger partial charge on any atom is 0.125 e. The van der Waals surface area contributed by atoms with Crippen LogP contribution in [0.15, 0.2) is 0 Å². The van der Waals surface area contributed by atoms with Gasteiger partial charge in [-0.3, -0.25) is 0 Å². The number of hydrogen-bond donors (Lipinski definition) is 1. The molecule has 7 heavy (non-hydrogen) atoms. The fraction of sp³-hybridized carbons (Fsp3) is 1.00. The minimum Gasteiger partial charge on any atom is -0.598 e. The number of hydrogen-bond acceptors (Lipinski definition) is 2. The van der Waals surface area contributed by atoms with Gasteiger partial charge in [0, 0.05) is 11.4 Å². The lowest BCUT2D eigenvalue weighted by atomic mass is 10.4. The predicted molar refractivity (Wildman–Crippen MR) is 32.1 cm³/mol. The Labute approximate surface area is 47.4 Å². The second-order valence-electron chi connectivity index (χ2n) is 1.44. The summed E-state index contributed by atoms with van der Waals surface area (Å²) in [6.45, 7) is 2.05. The van der Waals surface area contributed by atoms with Crippen molar-refractivity contribution in [1.82, 2.24) is 0 Å². The maximum absolute atomic E-state index is 10.1. The van der Waals surface area contributed by atoms with Gasteiger partial charge in [-0.2, -0.15) is 5.14 Å². The monoisotopic (exact) mass is 121 g/mol. The average molecular weight is 121 g/mol. The zero-order chi connectivity index (χ0) is 5.70. The Morgan fingerprint density at radius 2 is 2.29 bits per heavy atom. The summed E-state index contributed by atoms with van der Waals surface area (Å²) < 4.78 is 10.1. The van der Waals surface area contributed by atoms with E-state index in [9.17, 15) is 4.55 Å². The molecule has 0 heterocycles. The zero-order valence-electron chi connectivity index (χ0n) is 4.52. The van der Waals surface area contributed by atoms with Crippen LogP contribution in [0.1, 0.15) is 19.8 Å². The van der Waals surface area contributed by atoms with Crippen molar-refractivity contribution in [1.29, 1.82) is 0 Å². The molecular formula is C4H11NOS. The lowest BCUT2D eigenvalue weighted by molar-refractivity contribution is 0.593. The van der Waals surface area contributed by atoms with E-state index in [1.165, 1.54) is 0 Å². The average Bonchev–Trinajstić information content (AvgIpc) is 1.61. The Morgan fingerprint density at radius 3 is 2.43 bits per heavy atom. The van der Waals surface area contributed by atoms with E-state index in [4.69, 9.17) is 5.14 Å². The van der Waals surface area contributed by atoms with Gasteiger partial charge < -0.3 is 4.55 Å². The van der Waals surface area contributed by atoms with Crippen molar-refractivity contribution >= 4 is 11.4 Å². The Hall–Kier alpha value is 0.270. The fourth-order valence-corrected chi connectivity index (χ4v) is 0.860. The lowest BCUT2D eigenvalue weighted by Gasteiger charge is -1.99. The third kappa shape index (κ3) is 6.27. The van der Waals surface area contributed by atoms with E-state index in [0.29, 0.717) is 5.75 Å². The third-order valence-corrected chi connectivity index (χ3v) is 1.39. The molecule has 0 unspecified atom stereocenters. The minimum absolute atomic E-state index is 0.649. The summed E-state index contributed by atoms with van der Waals surface area (Å²) in [7, 11) is 0. The summed E-state index contributed by atoms with van der Waals surface area (Å²) in [6.07, 6.45) is 2.05. The summed E-state index contributed by atoms with van der Waals surface area (Å²) in [5.41, 5.74) is 0. The van der Waals surface area contributed by atoms with E-state index in [1.54, 1.807) is 0 Å². The molecule has 2 N–H and O–H groups in total. The fourth-order valence-electron chi connectivity index (χ4n) is 0.287. The van der Waals surface area contributed by atoms with Gasteiger partial charge in [0.1, 0.15) is 5.75 Å². The van der Waals surface area contributed by atoms with Crippen molar-refractivity contribution in [2.75, 3.05) is 5.75 Å². The van der Waals surface area contributed by atoms with Crippen molar-refractivity contribution in [2.45, 2.75) is 19.8 Å². The summed E-state index contributed by atoms with van der Waals surface area (Å²) in [6, 6.07) is 0. The van der Waals surface area contributed by atoms with Crippen LogP contribution in [0.4, 0.5) is 0 Å². The molecule has 0 amide bonds. The second kappa shape index (κ2) is 4.43. The van der Waals surface area contributed by atoms with Crippen LogP contribution in [0, 0.1) is 0 Å². The molecule has 0 radical (unpaired) electrons. The molecule has 0 rings (SSSR count). The largest absolute Gasteiger partial charge is 0.598 e. The summed E-state index contributed by atoms with van der Waals surface area (Å²) in [5.74, 6) is 0.649. The van der Waals surface area contributed by atoms with E-state index in [0.717, 1.165) is 12.8 Å². The Morgan fingerprint density at radius 1 is 1.71 bits per heavy atom. The van der Waals surface area contributed by atoms with Crippen LogP contribution >= 0.6 is 0 Å². The first-order valence-corrected chi connectivity index (χ1v) is 3.78. The van der Waals surface area contributed by atoms with Crippen molar-refractivity contribution in [3.8, 4) is 0 Å². The topological polar surface area (TPSA) is 49.1 Å². The Kier molecular flexibility index (Phi) is 4.60. The molecule has 0 aliphatic rings. The van der Waals surface area contributed by atoms with Gasteiger partial charge in [-0.1, -0.05) is 13.3 Å². The van der Waals surface area contributed by atoms with Gasteiger partial charge >= 0.3 is 0 Å². The van der Waals surface area contributed by atoms with Crippen LogP contribution in [0.5, 0.6) is 0 Å². The van der Waals surface area contributed by atoms with E-state index >= 15 is 0 Å². The van der Waals surface area contributed by atoms with E-state index in [-0.39, 0.29) is 0 Å². The van der Waals surface area contributed by atoms with E-state index < -0.39 is 11.4 Å². The Balaban J connectivity index is 2.68. The maximum atomic E-state index is 10.1. The van der Waals surface area contributed by atoms with E-state index in [2.05, 4.69) is 0 Å². The van der Waals surface area contributed by atoms with Crippen LogP contribution in [-0.4, -0.2) is 10.3 Å². The molecule has 0 spiro atoms. The quantitative estimate of drug-likeness (QED) is 0.550. The highest BCUT2D eigenvalue weighted by Crippen LogP contribution is 1.88. The number of unbranched alkanes of at least 4 members (excludes halogenated alkanes) is 1. The van der Waals surface area contributed by atoms with Crippen LogP contribution in [0.2, 0.25) is 0 Å². The molecule has 0 aliphatic carbocycles. The van der Waals surface area contributed by atoms with Crippen LogP contribution < -0.4 is 5.14 Å². The first kappa shape index (κ1) is 7.27. The summed E-state index contributed by atoms with van der Waals surface area (Å²) in [4.78, 5) is 0. The highest BCUT2D eigenvalue weighted by Gasteiger charge is 1.92. The van der Waals surface area contributed by atoms with Crippen molar-refractivity contribution < 1.29 is 4.55 Å². The lowest BCUT2D eigenvalue weighted by Crippen LogP contribution is -2.15. The molecule has 0 aromatic carbocycles. The van der Waals surface area contributed by atoms with Gasteiger partial charge in [0.15, 0.2) is 0 Å². The van der Waals surface area contributed by atoms with Crippen molar-refractivity contribution in [3.63, 3.8) is 0 Å². The van der Waals surface area contributed by atoms with Crippen LogP contribution in [0.3, 0.4) is 0 Å². The first-order valence-electron chi connectivity index (χ1n) is 2.40. The molecule has 2 nitrogen and oxygen atoms in total. The predicted octanol–water partition coefficient (Wildman–Crippen LogP) is 0.409. The minimum atomic E-state index is -1.07. The molecule has 0 bridgehead atoms. The molecule has 0 fully saturated rings. The van der Waals surface area contributed by atoms with Crippen LogP contribution in [0.25, 0.3) is 0 Å². The van der Waals surface area contributed by atoms with E-state index in [1.807, 2.05) is 6.92 Å². The summed E-state index contributed by atoms with van der Waals surface area (Å²) >= 11 is -1.07. The van der Waals surface area contributed by atoms with Crippen molar-refractivity contribution in [3.05, 3.63) is 0 Å². The first-order chi connectivity index (χ1) is 3.27. The smallest absolute Gasteiger partial charge is 0.125 e. The van der Waals surface area contributed by atoms with Gasteiger partial charge in [0.05, 0.1) is 0 Å². The van der Waals surface area contributed by atoms with Gasteiger partial charge in [-0.05, 0) is 6.42 Å². The van der Waals surface area contributed by atoms with Gasteiger partial charge in [0.2, 0.25) is 0 Å². The molecule has 0 aromatic rings. The van der Waals surface area contributed by atoms with Crippen molar-refractivity contribution in [2.24, 2.45) is 5.14 Å². The highest BCUT2D eigenvalue weighted by molar-refractivity contribution is 7.89. The third-order valence-electron chi connectivity index (χ3n) is 0.699. The molecule has 0 aliphatic heterocycles. The standard InChI is InChI=1S/C4H11NOS/c1-2-3-4-7(5)6/h2-5H2,1H3/t7-/m0/s1. The second-order valence-corrected chi connectivity index (χ2v) is 2.61. The molecular weight excluding hydrogens is 110 g/mol. The molecule has 0 saturated heterocycles. The normalized spacial score (nSPS) is 14.1. The molecule has 3 heteroatoms. The Bertz CT molecular complexity index is 40.7. The zero-order valence-corrected chi connectivity index (χ0v) is 5.33.